The van der Waals surface area contributed by atoms with Gasteiger partial charge in [0.2, 0.25) is 0 Å². The second kappa shape index (κ2) is 2.99. The molecular formula is C24H18. The monoisotopic (exact) mass is 306 g/mol. The topological polar surface area (TPSA) is 0 Å². The lowest BCUT2D eigenvalue weighted by Gasteiger charge is -2.26. The van der Waals surface area contributed by atoms with Crippen LogP contribution in [-0.2, 0) is 0 Å². The molecule has 1 aromatic carbocycles. The van der Waals surface area contributed by atoms with Gasteiger partial charge in [0.25, 0.3) is 0 Å². The van der Waals surface area contributed by atoms with Gasteiger partial charge in [0.05, 0.1) is 0 Å². The van der Waals surface area contributed by atoms with Crippen molar-refractivity contribution in [2.75, 3.05) is 0 Å². The molecule has 0 N–H and O–H groups in total. The summed E-state index contributed by atoms with van der Waals surface area (Å²) in [6.07, 6.45) is 0. The second-order valence-corrected chi connectivity index (χ2v) is 8.53. The summed E-state index contributed by atoms with van der Waals surface area (Å²) in [5, 5.41) is 0. The van der Waals surface area contributed by atoms with Crippen molar-refractivity contribution < 1.29 is 0 Å². The van der Waals surface area contributed by atoms with Gasteiger partial charge in [-0.15, -0.1) is 0 Å². The van der Waals surface area contributed by atoms with Gasteiger partial charge in [-0.3, -0.25) is 0 Å². The minimum atomic E-state index is 0.322. The average molecular weight is 306 g/mol. The van der Waals surface area contributed by atoms with Crippen molar-refractivity contribution in [2.45, 2.75) is 35.5 Å². The van der Waals surface area contributed by atoms with Gasteiger partial charge < -0.3 is 0 Å². The first-order valence-corrected chi connectivity index (χ1v) is 8.82. The van der Waals surface area contributed by atoms with Gasteiger partial charge in [0, 0.05) is 35.5 Å². The molecule has 0 saturated carbocycles. The molecule has 0 heterocycles. The van der Waals surface area contributed by atoms with Crippen molar-refractivity contribution in [3.05, 3.63) is 106 Å². The lowest BCUT2D eigenvalue weighted by atomic mass is 9.77. The Kier molecular flexibility index (Phi) is 1.51. The third-order valence-corrected chi connectivity index (χ3v) is 7.92. The van der Waals surface area contributed by atoms with E-state index in [0.717, 1.165) is 0 Å². The van der Waals surface area contributed by atoms with Crippen LogP contribution in [0.4, 0.5) is 0 Å². The molecule has 7 rings (SSSR count). The second-order valence-electron chi connectivity index (χ2n) is 8.53. The maximum Gasteiger partial charge on any atom is 0.0277 e. The van der Waals surface area contributed by atoms with Crippen LogP contribution in [0, 0.1) is 0 Å². The molecule has 0 atom stereocenters. The van der Waals surface area contributed by atoms with Gasteiger partial charge in [-0.25, -0.2) is 0 Å². The number of hydrogen-bond donors (Lipinski definition) is 0. The minimum absolute atomic E-state index is 0.322. The molecule has 0 aromatic heterocycles. The summed E-state index contributed by atoms with van der Waals surface area (Å²) in [6.45, 7) is 27.1. The van der Waals surface area contributed by atoms with Gasteiger partial charge in [0.15, 0.2) is 0 Å². The lowest BCUT2D eigenvalue weighted by Crippen LogP contribution is -2.10. The van der Waals surface area contributed by atoms with E-state index >= 15 is 0 Å². The Morgan fingerprint density at radius 3 is 0.542 bits per heavy atom. The summed E-state index contributed by atoms with van der Waals surface area (Å²) >= 11 is 0. The van der Waals surface area contributed by atoms with Crippen molar-refractivity contribution in [2.24, 2.45) is 0 Å². The average Bonchev–Trinajstić information content (AvgIpc) is 3.26. The molecule has 0 fully saturated rings. The van der Waals surface area contributed by atoms with Crippen molar-refractivity contribution in [1.82, 2.24) is 0 Å². The molecule has 0 nitrogen and oxygen atoms in total. The third-order valence-electron chi connectivity index (χ3n) is 7.92. The first kappa shape index (κ1) is 12.1. The Balaban J connectivity index is 1.79. The van der Waals surface area contributed by atoms with Crippen molar-refractivity contribution in [3.8, 4) is 0 Å². The molecule has 0 aliphatic heterocycles. The van der Waals surface area contributed by atoms with Gasteiger partial charge in [-0.2, -0.15) is 0 Å². The molecule has 24 heavy (non-hydrogen) atoms. The number of benzene rings is 1. The van der Waals surface area contributed by atoms with E-state index in [1.54, 1.807) is 0 Å². The summed E-state index contributed by atoms with van der Waals surface area (Å²) in [4.78, 5) is 0. The predicted molar refractivity (Wildman–Crippen MR) is 97.7 cm³/mol. The predicted octanol–water partition coefficient (Wildman–Crippen LogP) is 5.61. The van der Waals surface area contributed by atoms with E-state index in [1.807, 2.05) is 0 Å². The Morgan fingerprint density at radius 1 is 0.292 bits per heavy atom. The molecule has 0 heteroatoms. The van der Waals surface area contributed by atoms with Crippen molar-refractivity contribution in [3.63, 3.8) is 0 Å². The van der Waals surface area contributed by atoms with E-state index in [0.29, 0.717) is 35.5 Å². The third kappa shape index (κ3) is 0.780. The lowest BCUT2D eigenvalue weighted by molar-refractivity contribution is 0.784. The largest absolute Gasteiger partial charge is 0.0980 e. The van der Waals surface area contributed by atoms with E-state index in [-0.39, 0.29) is 0 Å². The van der Waals surface area contributed by atoms with E-state index in [1.165, 1.54) is 66.8 Å². The summed E-state index contributed by atoms with van der Waals surface area (Å²) in [6, 6.07) is 0. The van der Waals surface area contributed by atoms with Crippen LogP contribution in [0.5, 0.6) is 0 Å². The molecule has 0 radical (unpaired) electrons. The highest BCUT2D eigenvalue weighted by atomic mass is 14.7. The van der Waals surface area contributed by atoms with Crippen LogP contribution in [0.2, 0.25) is 0 Å². The molecule has 114 valence electrons. The summed E-state index contributed by atoms with van der Waals surface area (Å²) in [7, 11) is 0. The summed E-state index contributed by atoms with van der Waals surface area (Å²) < 4.78 is 0. The Morgan fingerprint density at radius 2 is 0.417 bits per heavy atom. The molecule has 0 spiro atoms. The Labute approximate surface area is 142 Å². The molecule has 1 aromatic rings. The van der Waals surface area contributed by atoms with Crippen molar-refractivity contribution in [1.29, 1.82) is 0 Å². The standard InChI is InChI=1S/C24H18/c1-7-13-8(2)15-10(4)17-12(6)18-11(5)16-9(3)14(7)20-19(13)21(15)23(17)24(18)22(16)20/h13-18H,1-6H2. The summed E-state index contributed by atoms with van der Waals surface area (Å²) in [5.74, 6) is 1.93. The normalized spacial score (nSPS) is 41.0. The molecular weight excluding hydrogens is 288 g/mol. The first-order valence-electron chi connectivity index (χ1n) is 8.82. The van der Waals surface area contributed by atoms with E-state index in [2.05, 4.69) is 39.5 Å². The zero-order valence-corrected chi connectivity index (χ0v) is 13.7. The molecule has 0 amide bonds. The van der Waals surface area contributed by atoms with E-state index in [4.69, 9.17) is 0 Å². The van der Waals surface area contributed by atoms with Crippen LogP contribution >= 0.6 is 0 Å². The zero-order chi connectivity index (χ0) is 16.4. The fourth-order valence-corrected chi connectivity index (χ4v) is 7.39. The molecule has 0 unspecified atom stereocenters. The molecule has 6 aliphatic rings. The van der Waals surface area contributed by atoms with Gasteiger partial charge in [0.1, 0.15) is 0 Å². The van der Waals surface area contributed by atoms with Gasteiger partial charge in [-0.05, 0) is 33.4 Å². The summed E-state index contributed by atoms with van der Waals surface area (Å²) in [5.41, 5.74) is 17.0. The Hall–Kier alpha value is -2.34. The minimum Gasteiger partial charge on any atom is -0.0980 e. The van der Waals surface area contributed by atoms with Crippen LogP contribution < -0.4 is 0 Å². The van der Waals surface area contributed by atoms with E-state index in [9.17, 15) is 0 Å². The maximum absolute atomic E-state index is 4.51. The number of hydrogen-bond acceptors (Lipinski definition) is 0. The molecule has 0 saturated heterocycles. The quantitative estimate of drug-likeness (QED) is 0.547. The molecule has 0 bridgehead atoms. The highest BCUT2D eigenvalue weighted by molar-refractivity contribution is 5.87. The van der Waals surface area contributed by atoms with Crippen LogP contribution in [-0.4, -0.2) is 0 Å². The van der Waals surface area contributed by atoms with Gasteiger partial charge in [-0.1, -0.05) is 72.9 Å². The van der Waals surface area contributed by atoms with Crippen LogP contribution in [0.25, 0.3) is 0 Å². The van der Waals surface area contributed by atoms with Crippen LogP contribution in [0.3, 0.4) is 0 Å². The SMILES string of the molecule is C=C1C2C(=C)C3C(=C)C4C(=C)C5C(=C)C6C(=C)C1c1c2c3c4c5c16. The number of allylic oxidation sites excluding steroid dienone is 6. The number of rotatable bonds is 0. The van der Waals surface area contributed by atoms with E-state index < -0.39 is 0 Å². The highest BCUT2D eigenvalue weighted by Crippen LogP contribution is 2.79. The fourth-order valence-electron chi connectivity index (χ4n) is 7.39. The van der Waals surface area contributed by atoms with Crippen LogP contribution in [0.1, 0.15) is 68.9 Å². The van der Waals surface area contributed by atoms with Crippen LogP contribution in [0.15, 0.2) is 72.9 Å². The molecule has 6 aliphatic carbocycles. The maximum atomic E-state index is 4.51. The highest BCUT2D eigenvalue weighted by Gasteiger charge is 2.64. The zero-order valence-electron chi connectivity index (χ0n) is 13.7. The smallest absolute Gasteiger partial charge is 0.0277 e. The first-order chi connectivity index (χ1) is 11.5. The van der Waals surface area contributed by atoms with Gasteiger partial charge >= 0.3 is 0 Å². The Bertz CT molecular complexity index is 805. The fraction of sp³-hybridized carbons (Fsp3) is 0.250. The van der Waals surface area contributed by atoms with Crippen molar-refractivity contribution >= 4 is 0 Å².